The van der Waals surface area contributed by atoms with E-state index in [1.54, 1.807) is 29.1 Å². The second kappa shape index (κ2) is 6.60. The molecule has 7 nitrogen and oxygen atoms in total. The molecule has 0 saturated carbocycles. The molecule has 0 aromatic carbocycles. The molecule has 1 aliphatic heterocycles. The molecule has 23 heavy (non-hydrogen) atoms. The van der Waals surface area contributed by atoms with Crippen LogP contribution in [0.1, 0.15) is 17.8 Å². The zero-order chi connectivity index (χ0) is 16.2. The smallest absolute Gasteiger partial charge is 0.228 e. The minimum atomic E-state index is -0.317. The predicted molar refractivity (Wildman–Crippen MR) is 80.7 cm³/mol. The van der Waals surface area contributed by atoms with Gasteiger partial charge in [0.2, 0.25) is 11.8 Å². The Morgan fingerprint density at radius 3 is 2.96 bits per heavy atom. The van der Waals surface area contributed by atoms with Gasteiger partial charge in [-0.2, -0.15) is 0 Å². The molecule has 2 aromatic rings. The molecule has 0 unspecified atom stereocenters. The van der Waals surface area contributed by atoms with E-state index < -0.39 is 0 Å². The van der Waals surface area contributed by atoms with Gasteiger partial charge in [0.25, 0.3) is 0 Å². The van der Waals surface area contributed by atoms with Crippen LogP contribution in [0.25, 0.3) is 0 Å². The van der Waals surface area contributed by atoms with Crippen LogP contribution in [0.15, 0.2) is 41.2 Å². The van der Waals surface area contributed by atoms with Crippen LogP contribution in [0.5, 0.6) is 0 Å². The van der Waals surface area contributed by atoms with Gasteiger partial charge in [0.05, 0.1) is 24.7 Å². The number of aromatic nitrogens is 2. The molecule has 0 N–H and O–H groups in total. The van der Waals surface area contributed by atoms with Crippen molar-refractivity contribution in [2.45, 2.75) is 19.5 Å². The fourth-order valence-electron chi connectivity index (χ4n) is 2.73. The average molecular weight is 314 g/mol. The summed E-state index contributed by atoms with van der Waals surface area (Å²) in [5, 5.41) is 3.80. The highest BCUT2D eigenvalue weighted by Gasteiger charge is 2.35. The van der Waals surface area contributed by atoms with Gasteiger partial charge < -0.3 is 14.3 Å². The van der Waals surface area contributed by atoms with Gasteiger partial charge in [0, 0.05) is 32.3 Å². The standard InChI is InChI=1S/C16H18N4O3/c1-19(10-14-5-7-23-18-14)16(22)12-8-15(21)20(9-12)11-13-4-2-3-6-17-13/h2-7,12H,8-11H2,1H3/t12-/m0/s1. The van der Waals surface area contributed by atoms with E-state index in [-0.39, 0.29) is 24.2 Å². The van der Waals surface area contributed by atoms with E-state index in [1.165, 1.54) is 6.26 Å². The molecule has 1 saturated heterocycles. The summed E-state index contributed by atoms with van der Waals surface area (Å²) in [7, 11) is 1.71. The van der Waals surface area contributed by atoms with E-state index >= 15 is 0 Å². The number of carbonyl (C=O) groups excluding carboxylic acids is 2. The summed E-state index contributed by atoms with van der Waals surface area (Å²) >= 11 is 0. The van der Waals surface area contributed by atoms with Gasteiger partial charge in [-0.25, -0.2) is 0 Å². The zero-order valence-electron chi connectivity index (χ0n) is 12.9. The molecule has 0 bridgehead atoms. The second-order valence-electron chi connectivity index (χ2n) is 5.68. The van der Waals surface area contributed by atoms with Crippen LogP contribution in [0.3, 0.4) is 0 Å². The van der Waals surface area contributed by atoms with E-state index in [0.717, 1.165) is 5.69 Å². The Kier molecular flexibility index (Phi) is 4.36. The van der Waals surface area contributed by atoms with Gasteiger partial charge in [-0.15, -0.1) is 0 Å². The summed E-state index contributed by atoms with van der Waals surface area (Å²) in [6, 6.07) is 7.31. The summed E-state index contributed by atoms with van der Waals surface area (Å²) in [5.74, 6) is -0.378. The van der Waals surface area contributed by atoms with Crippen molar-refractivity contribution < 1.29 is 14.1 Å². The summed E-state index contributed by atoms with van der Waals surface area (Å²) in [6.45, 7) is 1.24. The van der Waals surface area contributed by atoms with Gasteiger partial charge in [0.1, 0.15) is 12.0 Å². The molecule has 2 amide bonds. The first-order chi connectivity index (χ1) is 11.1. The van der Waals surface area contributed by atoms with Gasteiger partial charge in [-0.3, -0.25) is 14.6 Å². The number of carbonyl (C=O) groups is 2. The Hall–Kier alpha value is -2.70. The molecule has 120 valence electrons. The third-order valence-corrected chi connectivity index (χ3v) is 3.91. The van der Waals surface area contributed by atoms with Crippen molar-refractivity contribution in [1.29, 1.82) is 0 Å². The van der Waals surface area contributed by atoms with Crippen molar-refractivity contribution in [2.24, 2.45) is 5.92 Å². The molecule has 1 aliphatic rings. The minimum Gasteiger partial charge on any atom is -0.364 e. The zero-order valence-corrected chi connectivity index (χ0v) is 12.9. The SMILES string of the molecule is CN(Cc1ccon1)C(=O)[C@H]1CC(=O)N(Cc2ccccn2)C1. The molecule has 3 heterocycles. The lowest BCUT2D eigenvalue weighted by molar-refractivity contribution is -0.135. The average Bonchev–Trinajstić information content (AvgIpc) is 3.18. The first-order valence-electron chi connectivity index (χ1n) is 7.45. The largest absolute Gasteiger partial charge is 0.364 e. The molecule has 1 atom stereocenters. The molecule has 1 fully saturated rings. The molecular formula is C16H18N4O3. The fourth-order valence-corrected chi connectivity index (χ4v) is 2.73. The van der Waals surface area contributed by atoms with Crippen LogP contribution in [-0.4, -0.2) is 45.3 Å². The number of hydrogen-bond acceptors (Lipinski definition) is 5. The maximum absolute atomic E-state index is 12.5. The van der Waals surface area contributed by atoms with E-state index in [0.29, 0.717) is 25.3 Å². The van der Waals surface area contributed by atoms with E-state index in [2.05, 4.69) is 10.1 Å². The lowest BCUT2D eigenvalue weighted by Gasteiger charge is -2.20. The number of pyridine rings is 1. The molecule has 2 aromatic heterocycles. The van der Waals surface area contributed by atoms with E-state index in [9.17, 15) is 9.59 Å². The van der Waals surface area contributed by atoms with Crippen LogP contribution in [0.4, 0.5) is 0 Å². The molecule has 7 heteroatoms. The first-order valence-corrected chi connectivity index (χ1v) is 7.45. The topological polar surface area (TPSA) is 79.5 Å². The van der Waals surface area contributed by atoms with Gasteiger partial charge in [-0.05, 0) is 12.1 Å². The van der Waals surface area contributed by atoms with Crippen molar-refractivity contribution in [3.8, 4) is 0 Å². The Morgan fingerprint density at radius 2 is 2.26 bits per heavy atom. The summed E-state index contributed by atoms with van der Waals surface area (Å²) < 4.78 is 4.76. The van der Waals surface area contributed by atoms with Gasteiger partial charge >= 0.3 is 0 Å². The van der Waals surface area contributed by atoms with Gasteiger partial charge in [0.15, 0.2) is 0 Å². The number of hydrogen-bond donors (Lipinski definition) is 0. The van der Waals surface area contributed by atoms with Crippen LogP contribution in [-0.2, 0) is 22.7 Å². The monoisotopic (exact) mass is 314 g/mol. The lowest BCUT2D eigenvalue weighted by Crippen LogP contribution is -2.34. The number of nitrogens with zero attached hydrogens (tertiary/aromatic N) is 4. The van der Waals surface area contributed by atoms with Crippen LogP contribution >= 0.6 is 0 Å². The van der Waals surface area contributed by atoms with Crippen LogP contribution in [0.2, 0.25) is 0 Å². The second-order valence-corrected chi connectivity index (χ2v) is 5.68. The highest BCUT2D eigenvalue weighted by Crippen LogP contribution is 2.22. The van der Waals surface area contributed by atoms with Crippen LogP contribution in [0, 0.1) is 5.92 Å². The maximum atomic E-state index is 12.5. The Balaban J connectivity index is 1.59. The molecule has 0 radical (unpaired) electrons. The highest BCUT2D eigenvalue weighted by atomic mass is 16.5. The summed E-state index contributed by atoms with van der Waals surface area (Å²) in [5.41, 5.74) is 1.51. The molecule has 0 spiro atoms. The van der Waals surface area contributed by atoms with Crippen molar-refractivity contribution in [3.63, 3.8) is 0 Å². The van der Waals surface area contributed by atoms with Crippen molar-refractivity contribution in [1.82, 2.24) is 19.9 Å². The third-order valence-electron chi connectivity index (χ3n) is 3.91. The van der Waals surface area contributed by atoms with E-state index in [4.69, 9.17) is 4.52 Å². The number of likely N-dealkylation sites (tertiary alicyclic amines) is 1. The third kappa shape index (κ3) is 3.56. The normalized spacial score (nSPS) is 17.5. The number of amides is 2. The predicted octanol–water partition coefficient (Wildman–Crippen LogP) is 1.08. The van der Waals surface area contributed by atoms with Crippen molar-refractivity contribution >= 4 is 11.8 Å². The molecular weight excluding hydrogens is 296 g/mol. The Morgan fingerprint density at radius 1 is 1.39 bits per heavy atom. The summed E-state index contributed by atoms with van der Waals surface area (Å²) in [4.78, 5) is 32.1. The highest BCUT2D eigenvalue weighted by molar-refractivity contribution is 5.89. The number of rotatable bonds is 5. The maximum Gasteiger partial charge on any atom is 0.228 e. The Labute approximate surface area is 133 Å². The summed E-state index contributed by atoms with van der Waals surface area (Å²) in [6.07, 6.45) is 3.42. The van der Waals surface area contributed by atoms with Gasteiger partial charge in [-0.1, -0.05) is 11.2 Å². The Bertz CT molecular complexity index is 672. The lowest BCUT2D eigenvalue weighted by atomic mass is 10.1. The first kappa shape index (κ1) is 15.2. The molecule has 0 aliphatic carbocycles. The minimum absolute atomic E-state index is 0.0103. The quantitative estimate of drug-likeness (QED) is 0.825. The van der Waals surface area contributed by atoms with E-state index in [1.807, 2.05) is 18.2 Å². The van der Waals surface area contributed by atoms with Crippen molar-refractivity contribution in [2.75, 3.05) is 13.6 Å². The van der Waals surface area contributed by atoms with Crippen LogP contribution < -0.4 is 0 Å². The molecule has 3 rings (SSSR count). The van der Waals surface area contributed by atoms with Crippen molar-refractivity contribution in [3.05, 3.63) is 48.1 Å². The fraction of sp³-hybridized carbons (Fsp3) is 0.375.